The lowest BCUT2D eigenvalue weighted by Gasteiger charge is -2.05. The molecule has 2 aromatic heterocycles. The normalized spacial score (nSPS) is 11.5. The third-order valence-corrected chi connectivity index (χ3v) is 4.98. The molecule has 2 aromatic rings. The van der Waals surface area contributed by atoms with Crippen molar-refractivity contribution in [2.45, 2.75) is 32.6 Å². The molecule has 0 aromatic carbocycles. The fourth-order valence-electron chi connectivity index (χ4n) is 2.14. The molecule has 0 saturated carbocycles. The molecule has 1 amide bonds. The van der Waals surface area contributed by atoms with E-state index in [2.05, 4.69) is 20.5 Å². The molecule has 0 spiro atoms. The third kappa shape index (κ3) is 5.80. The largest absolute Gasteiger partial charge is 0.461 e. The highest BCUT2D eigenvalue weighted by Gasteiger charge is 2.16. The van der Waals surface area contributed by atoms with Crippen LogP contribution in [0.15, 0.2) is 22.8 Å². The van der Waals surface area contributed by atoms with Crippen molar-refractivity contribution in [3.05, 3.63) is 24.2 Å². The first-order chi connectivity index (χ1) is 11.5. The highest BCUT2D eigenvalue weighted by Crippen LogP contribution is 2.14. The lowest BCUT2D eigenvalue weighted by molar-refractivity contribution is -0.118. The maximum absolute atomic E-state index is 11.8. The van der Waals surface area contributed by atoms with Gasteiger partial charge in [-0.05, 0) is 18.6 Å². The van der Waals surface area contributed by atoms with Crippen molar-refractivity contribution in [1.82, 2.24) is 20.5 Å². The molecule has 2 N–H and O–H groups in total. The highest BCUT2D eigenvalue weighted by atomic mass is 32.2. The summed E-state index contributed by atoms with van der Waals surface area (Å²) in [7, 11) is -3.33. The minimum Gasteiger partial charge on any atom is -0.461 e. The molecule has 0 radical (unpaired) electrons. The van der Waals surface area contributed by atoms with Crippen LogP contribution in [0.2, 0.25) is 0 Å². The van der Waals surface area contributed by atoms with E-state index in [1.54, 1.807) is 12.1 Å². The first-order valence-electron chi connectivity index (χ1n) is 7.92. The Balaban J connectivity index is 1.73. The number of carbonyl (C=O) groups excluding carboxylic acids is 1. The molecule has 24 heavy (non-hydrogen) atoms. The van der Waals surface area contributed by atoms with Gasteiger partial charge in [0.15, 0.2) is 15.6 Å². The Morgan fingerprint density at radius 1 is 1.38 bits per heavy atom. The Morgan fingerprint density at radius 2 is 2.21 bits per heavy atom. The number of rotatable bonds is 10. The predicted molar refractivity (Wildman–Crippen MR) is 89.0 cm³/mol. The number of amides is 1. The maximum atomic E-state index is 11.8. The quantitative estimate of drug-likeness (QED) is 0.621. The van der Waals surface area contributed by atoms with Crippen LogP contribution in [0.3, 0.4) is 0 Å². The van der Waals surface area contributed by atoms with Crippen LogP contribution in [-0.2, 0) is 21.1 Å². The lowest BCUT2D eigenvalue weighted by Crippen LogP contribution is -2.32. The molecule has 0 fully saturated rings. The van der Waals surface area contributed by atoms with E-state index in [4.69, 9.17) is 4.42 Å². The minimum absolute atomic E-state index is 0.0584. The second-order valence-corrected chi connectivity index (χ2v) is 7.67. The van der Waals surface area contributed by atoms with Gasteiger partial charge in [0.25, 0.3) is 0 Å². The standard InChI is InChI=1S/C15H22N4O4S/c1-2-3-4-10-24(21,22)11-14(20)16-8-7-13-17-15(19-18-13)12-6-5-9-23-12/h5-6,9H,2-4,7-8,10-11H2,1H3,(H,16,20)(H,17,18,19). The van der Waals surface area contributed by atoms with Gasteiger partial charge in [0.2, 0.25) is 11.7 Å². The molecular formula is C15H22N4O4S. The van der Waals surface area contributed by atoms with E-state index in [1.807, 2.05) is 6.92 Å². The molecule has 0 bridgehead atoms. The summed E-state index contributed by atoms with van der Waals surface area (Å²) in [6.45, 7) is 2.29. The van der Waals surface area contributed by atoms with Crippen LogP contribution >= 0.6 is 0 Å². The van der Waals surface area contributed by atoms with E-state index in [9.17, 15) is 13.2 Å². The van der Waals surface area contributed by atoms with Crippen LogP contribution in [0.5, 0.6) is 0 Å². The van der Waals surface area contributed by atoms with Gasteiger partial charge in [-0.1, -0.05) is 19.8 Å². The number of hydrogen-bond donors (Lipinski definition) is 2. The van der Waals surface area contributed by atoms with Gasteiger partial charge in [-0.2, -0.15) is 5.10 Å². The SMILES string of the molecule is CCCCCS(=O)(=O)CC(=O)NCCc1nc(-c2ccco2)n[nH]1. The number of nitrogens with one attached hydrogen (secondary N) is 2. The lowest BCUT2D eigenvalue weighted by atomic mass is 10.3. The fraction of sp³-hybridized carbons (Fsp3) is 0.533. The second-order valence-electron chi connectivity index (χ2n) is 5.48. The average molecular weight is 354 g/mol. The van der Waals surface area contributed by atoms with Crippen molar-refractivity contribution < 1.29 is 17.6 Å². The Morgan fingerprint density at radius 3 is 2.92 bits per heavy atom. The average Bonchev–Trinajstić information content (AvgIpc) is 3.17. The number of sulfone groups is 1. The van der Waals surface area contributed by atoms with E-state index in [0.29, 0.717) is 30.3 Å². The highest BCUT2D eigenvalue weighted by molar-refractivity contribution is 7.92. The minimum atomic E-state index is -3.33. The molecule has 0 aliphatic rings. The summed E-state index contributed by atoms with van der Waals surface area (Å²) in [5.74, 6) is 0.692. The van der Waals surface area contributed by atoms with Gasteiger partial charge in [0.05, 0.1) is 12.0 Å². The zero-order valence-electron chi connectivity index (χ0n) is 13.6. The molecule has 2 rings (SSSR count). The van der Waals surface area contributed by atoms with Gasteiger partial charge in [-0.3, -0.25) is 9.89 Å². The number of aromatic amines is 1. The van der Waals surface area contributed by atoms with Crippen molar-refractivity contribution in [3.63, 3.8) is 0 Å². The summed E-state index contributed by atoms with van der Waals surface area (Å²) in [6.07, 6.45) is 4.35. The van der Waals surface area contributed by atoms with Gasteiger partial charge >= 0.3 is 0 Å². The smallest absolute Gasteiger partial charge is 0.235 e. The predicted octanol–water partition coefficient (Wildman–Crippen LogP) is 1.33. The van der Waals surface area contributed by atoms with Crippen molar-refractivity contribution in [2.24, 2.45) is 0 Å². The van der Waals surface area contributed by atoms with Crippen LogP contribution in [0, 0.1) is 0 Å². The van der Waals surface area contributed by atoms with Gasteiger partial charge < -0.3 is 9.73 Å². The number of unbranched alkanes of at least 4 members (excludes halogenated alkanes) is 2. The van der Waals surface area contributed by atoms with Crippen molar-refractivity contribution in [1.29, 1.82) is 0 Å². The summed E-state index contributed by atoms with van der Waals surface area (Å²) in [5, 5.41) is 9.37. The number of aromatic nitrogens is 3. The monoisotopic (exact) mass is 354 g/mol. The van der Waals surface area contributed by atoms with Crippen LogP contribution in [0.4, 0.5) is 0 Å². The van der Waals surface area contributed by atoms with Gasteiger partial charge in [-0.15, -0.1) is 0 Å². The summed E-state index contributed by atoms with van der Waals surface area (Å²) >= 11 is 0. The Kier molecular flexibility index (Phi) is 6.53. The summed E-state index contributed by atoms with van der Waals surface area (Å²) in [6, 6.07) is 3.49. The van der Waals surface area contributed by atoms with Crippen molar-refractivity contribution >= 4 is 15.7 Å². The molecule has 0 aliphatic carbocycles. The van der Waals surface area contributed by atoms with Gasteiger partial charge in [0, 0.05) is 13.0 Å². The van der Waals surface area contributed by atoms with Crippen molar-refractivity contribution in [3.8, 4) is 11.6 Å². The number of nitrogens with zero attached hydrogens (tertiary/aromatic N) is 2. The molecule has 2 heterocycles. The van der Waals surface area contributed by atoms with Gasteiger partial charge in [-0.25, -0.2) is 13.4 Å². The second kappa shape index (κ2) is 8.62. The van der Waals surface area contributed by atoms with Crippen LogP contribution in [-0.4, -0.2) is 47.6 Å². The third-order valence-electron chi connectivity index (χ3n) is 3.37. The van der Waals surface area contributed by atoms with Crippen LogP contribution in [0.25, 0.3) is 11.6 Å². The summed E-state index contributed by atoms with van der Waals surface area (Å²) in [5.41, 5.74) is 0. The van der Waals surface area contributed by atoms with E-state index in [0.717, 1.165) is 12.8 Å². The fourth-order valence-corrected chi connectivity index (χ4v) is 3.43. The maximum Gasteiger partial charge on any atom is 0.235 e. The first kappa shape index (κ1) is 18.2. The summed E-state index contributed by atoms with van der Waals surface area (Å²) < 4.78 is 28.8. The van der Waals surface area contributed by atoms with E-state index < -0.39 is 21.5 Å². The molecule has 8 nitrogen and oxygen atoms in total. The van der Waals surface area contributed by atoms with Crippen molar-refractivity contribution in [2.75, 3.05) is 18.1 Å². The Labute approximate surface area is 141 Å². The Hall–Kier alpha value is -2.16. The number of carbonyl (C=O) groups is 1. The number of furan rings is 1. The van der Waals surface area contributed by atoms with Crippen LogP contribution < -0.4 is 5.32 Å². The topological polar surface area (TPSA) is 118 Å². The van der Waals surface area contributed by atoms with Gasteiger partial charge in [0.1, 0.15) is 11.6 Å². The molecule has 0 atom stereocenters. The van der Waals surface area contributed by atoms with Crippen LogP contribution in [0.1, 0.15) is 32.0 Å². The first-order valence-corrected chi connectivity index (χ1v) is 9.74. The summed E-state index contributed by atoms with van der Waals surface area (Å²) in [4.78, 5) is 16.0. The van der Waals surface area contributed by atoms with E-state index in [-0.39, 0.29) is 12.3 Å². The van der Waals surface area contributed by atoms with E-state index in [1.165, 1.54) is 6.26 Å². The molecule has 9 heteroatoms. The Bertz CT molecular complexity index is 737. The molecule has 0 unspecified atom stereocenters. The molecule has 0 saturated heterocycles. The molecule has 0 aliphatic heterocycles. The zero-order valence-corrected chi connectivity index (χ0v) is 14.4. The zero-order chi connectivity index (χ0) is 17.4. The number of hydrogen-bond acceptors (Lipinski definition) is 6. The molecule has 132 valence electrons. The number of H-pyrrole nitrogens is 1. The molecular weight excluding hydrogens is 332 g/mol. The van der Waals surface area contributed by atoms with E-state index >= 15 is 0 Å².